The van der Waals surface area contributed by atoms with Crippen LogP contribution in [0.3, 0.4) is 0 Å². The second-order valence-electron chi connectivity index (χ2n) is 6.95. The molecule has 3 heterocycles. The van der Waals surface area contributed by atoms with E-state index in [1.807, 2.05) is 42.6 Å². The number of rotatable bonds is 6. The summed E-state index contributed by atoms with van der Waals surface area (Å²) in [5, 5.41) is 3.80. The normalized spacial score (nSPS) is 11.3. The molecule has 0 saturated heterocycles. The Balaban J connectivity index is 1.64. The Labute approximate surface area is 173 Å². The van der Waals surface area contributed by atoms with E-state index in [0.29, 0.717) is 0 Å². The van der Waals surface area contributed by atoms with Crippen LogP contribution in [0, 0.1) is 5.95 Å². The molecular weight excluding hydrogens is 379 g/mol. The van der Waals surface area contributed by atoms with Gasteiger partial charge < -0.3 is 10.3 Å². The number of aromatic amines is 1. The number of unbranched alkanes of at least 4 members (excludes halogenated alkanes) is 1. The highest BCUT2D eigenvalue weighted by Gasteiger charge is 2.10. The summed E-state index contributed by atoms with van der Waals surface area (Å²) >= 11 is 0. The predicted molar refractivity (Wildman–Crippen MR) is 117 cm³/mol. The van der Waals surface area contributed by atoms with Crippen LogP contribution in [0.5, 0.6) is 0 Å². The molecule has 4 rings (SSSR count). The third-order valence-corrected chi connectivity index (χ3v) is 4.76. The number of nitrogens with one attached hydrogen (secondary N) is 2. The number of carbonyl (C=O) groups excluding carboxylic acids is 1. The van der Waals surface area contributed by atoms with Gasteiger partial charge in [-0.05, 0) is 48.4 Å². The van der Waals surface area contributed by atoms with E-state index >= 15 is 0 Å². The van der Waals surface area contributed by atoms with E-state index in [2.05, 4.69) is 27.2 Å². The zero-order chi connectivity index (χ0) is 20.9. The first-order chi connectivity index (χ1) is 14.6. The van der Waals surface area contributed by atoms with Crippen molar-refractivity contribution in [2.24, 2.45) is 0 Å². The molecule has 0 aliphatic rings. The number of hydrogen-bond acceptors (Lipinski definition) is 3. The second kappa shape index (κ2) is 8.69. The molecule has 4 aromatic rings. The lowest BCUT2D eigenvalue weighted by atomic mass is 10.0. The third-order valence-electron chi connectivity index (χ3n) is 4.76. The number of nitrogens with zero attached hydrogens (tertiary/aromatic N) is 2. The molecule has 6 heteroatoms. The van der Waals surface area contributed by atoms with Crippen molar-refractivity contribution >= 4 is 22.6 Å². The molecule has 30 heavy (non-hydrogen) atoms. The maximum absolute atomic E-state index is 13.2. The summed E-state index contributed by atoms with van der Waals surface area (Å²) < 4.78 is 13.2. The van der Waals surface area contributed by atoms with Gasteiger partial charge in [-0.25, -0.2) is 9.97 Å². The summed E-state index contributed by atoms with van der Waals surface area (Å²) in [6.45, 7) is 2.07. The van der Waals surface area contributed by atoms with Gasteiger partial charge in [-0.3, -0.25) is 4.79 Å². The molecule has 0 unspecified atom stereocenters. The van der Waals surface area contributed by atoms with Gasteiger partial charge in [0.15, 0.2) is 0 Å². The average Bonchev–Trinajstić information content (AvgIpc) is 3.18. The van der Waals surface area contributed by atoms with Crippen molar-refractivity contribution in [1.82, 2.24) is 15.0 Å². The van der Waals surface area contributed by atoms with Crippen LogP contribution in [0.4, 0.5) is 10.1 Å². The van der Waals surface area contributed by atoms with Crippen LogP contribution < -0.4 is 5.32 Å². The topological polar surface area (TPSA) is 70.7 Å². The van der Waals surface area contributed by atoms with Crippen LogP contribution in [0.15, 0.2) is 73.2 Å². The molecule has 0 saturated carbocycles. The standard InChI is InChI=1S/C24H21FN4O/c1-2-3-4-8-23(30)29-19-7-5-6-16(11-19)18-12-20-21(15-28-24(20)27-14-18)17-9-10-22(25)26-13-17/h4-15H,2-3H2,1H3,(H,27,28)(H,29,30)/b8-4+. The monoisotopic (exact) mass is 400 g/mol. The van der Waals surface area contributed by atoms with E-state index in [9.17, 15) is 9.18 Å². The molecule has 0 aliphatic heterocycles. The summed E-state index contributed by atoms with van der Waals surface area (Å²) in [5.41, 5.74) is 5.01. The quantitative estimate of drug-likeness (QED) is 0.321. The smallest absolute Gasteiger partial charge is 0.248 e. The highest BCUT2D eigenvalue weighted by atomic mass is 19.1. The highest BCUT2D eigenvalue weighted by molar-refractivity contribution is 6.00. The number of H-pyrrole nitrogens is 1. The summed E-state index contributed by atoms with van der Waals surface area (Å²) in [6, 6.07) is 12.7. The number of allylic oxidation sites excluding steroid dienone is 1. The molecule has 5 nitrogen and oxygen atoms in total. The van der Waals surface area contributed by atoms with Crippen molar-refractivity contribution in [2.75, 3.05) is 5.32 Å². The van der Waals surface area contributed by atoms with Gasteiger partial charge in [-0.15, -0.1) is 0 Å². The number of halogens is 1. The van der Waals surface area contributed by atoms with Gasteiger partial charge in [0.25, 0.3) is 0 Å². The third kappa shape index (κ3) is 4.27. The molecule has 2 N–H and O–H groups in total. The second-order valence-corrected chi connectivity index (χ2v) is 6.95. The molecule has 0 radical (unpaired) electrons. The number of benzene rings is 1. The number of amides is 1. The van der Waals surface area contributed by atoms with Crippen molar-refractivity contribution in [3.63, 3.8) is 0 Å². The number of anilines is 1. The SMILES string of the molecule is CCC/C=C/C(=O)Nc1cccc(-c2cnc3[nH]cc(-c4ccc(F)nc4)c3c2)c1. The molecule has 0 spiro atoms. The molecule has 3 aromatic heterocycles. The van der Waals surface area contributed by atoms with Gasteiger partial charge in [-0.1, -0.05) is 31.6 Å². The van der Waals surface area contributed by atoms with E-state index in [1.54, 1.807) is 18.3 Å². The van der Waals surface area contributed by atoms with E-state index in [4.69, 9.17) is 0 Å². The minimum Gasteiger partial charge on any atom is -0.346 e. The van der Waals surface area contributed by atoms with Crippen LogP contribution in [-0.2, 0) is 4.79 Å². The Bertz CT molecular complexity index is 1210. The zero-order valence-electron chi connectivity index (χ0n) is 16.5. The lowest BCUT2D eigenvalue weighted by Gasteiger charge is -2.07. The van der Waals surface area contributed by atoms with Crippen molar-refractivity contribution in [3.8, 4) is 22.3 Å². The number of hydrogen-bond donors (Lipinski definition) is 2. The lowest BCUT2D eigenvalue weighted by Crippen LogP contribution is -2.07. The first-order valence-electron chi connectivity index (χ1n) is 9.81. The Morgan fingerprint density at radius 3 is 2.77 bits per heavy atom. The van der Waals surface area contributed by atoms with E-state index < -0.39 is 5.95 Å². The Morgan fingerprint density at radius 2 is 1.97 bits per heavy atom. The van der Waals surface area contributed by atoms with Crippen molar-refractivity contribution in [1.29, 1.82) is 0 Å². The highest BCUT2D eigenvalue weighted by Crippen LogP contribution is 2.31. The minimum absolute atomic E-state index is 0.147. The molecular formula is C24H21FN4O. The fourth-order valence-corrected chi connectivity index (χ4v) is 3.25. The molecule has 1 amide bonds. The van der Waals surface area contributed by atoms with E-state index in [-0.39, 0.29) is 5.91 Å². The maximum atomic E-state index is 13.2. The first-order valence-corrected chi connectivity index (χ1v) is 9.81. The molecule has 0 aliphatic carbocycles. The van der Waals surface area contributed by atoms with Gasteiger partial charge in [0.2, 0.25) is 11.9 Å². The van der Waals surface area contributed by atoms with Crippen LogP contribution in [-0.4, -0.2) is 20.9 Å². The van der Waals surface area contributed by atoms with Crippen LogP contribution in [0.25, 0.3) is 33.3 Å². The largest absolute Gasteiger partial charge is 0.346 e. The van der Waals surface area contributed by atoms with Gasteiger partial charge in [0.1, 0.15) is 5.65 Å². The lowest BCUT2D eigenvalue weighted by molar-refractivity contribution is -0.111. The molecule has 0 bridgehead atoms. The minimum atomic E-state index is -0.513. The number of fused-ring (bicyclic) bond motifs is 1. The Kier molecular flexibility index (Phi) is 5.66. The molecule has 1 aromatic carbocycles. The van der Waals surface area contributed by atoms with E-state index in [1.165, 1.54) is 12.3 Å². The van der Waals surface area contributed by atoms with Gasteiger partial charge in [0.05, 0.1) is 0 Å². The van der Waals surface area contributed by atoms with Gasteiger partial charge in [0, 0.05) is 46.4 Å². The van der Waals surface area contributed by atoms with Crippen LogP contribution in [0.2, 0.25) is 0 Å². The Morgan fingerprint density at radius 1 is 1.10 bits per heavy atom. The number of aromatic nitrogens is 3. The maximum Gasteiger partial charge on any atom is 0.248 e. The fourth-order valence-electron chi connectivity index (χ4n) is 3.25. The predicted octanol–water partition coefficient (Wildman–Crippen LogP) is 5.73. The van der Waals surface area contributed by atoms with E-state index in [0.717, 1.165) is 51.8 Å². The fraction of sp³-hybridized carbons (Fsp3) is 0.125. The van der Waals surface area contributed by atoms with Crippen molar-refractivity contribution in [2.45, 2.75) is 19.8 Å². The molecule has 150 valence electrons. The number of pyridine rings is 2. The Hall–Kier alpha value is -3.80. The zero-order valence-corrected chi connectivity index (χ0v) is 16.5. The summed E-state index contributed by atoms with van der Waals surface area (Å²) in [5.74, 6) is -0.660. The van der Waals surface area contributed by atoms with Crippen LogP contribution in [0.1, 0.15) is 19.8 Å². The molecule has 0 atom stereocenters. The van der Waals surface area contributed by atoms with Crippen LogP contribution >= 0.6 is 0 Å². The van der Waals surface area contributed by atoms with Gasteiger partial charge in [-0.2, -0.15) is 4.39 Å². The summed E-state index contributed by atoms with van der Waals surface area (Å²) in [6.07, 6.45) is 10.4. The van der Waals surface area contributed by atoms with Gasteiger partial charge >= 0.3 is 0 Å². The average molecular weight is 400 g/mol. The first kappa shape index (κ1) is 19.5. The van der Waals surface area contributed by atoms with Crippen molar-refractivity contribution < 1.29 is 9.18 Å². The number of carbonyl (C=O) groups is 1. The van der Waals surface area contributed by atoms with Crippen molar-refractivity contribution in [3.05, 3.63) is 79.2 Å². The molecule has 0 fully saturated rings. The summed E-state index contributed by atoms with van der Waals surface area (Å²) in [4.78, 5) is 23.5. The summed E-state index contributed by atoms with van der Waals surface area (Å²) in [7, 11) is 0.